The first-order chi connectivity index (χ1) is 7.29. The van der Waals surface area contributed by atoms with Gasteiger partial charge in [-0.3, -0.25) is 16.0 Å². The van der Waals surface area contributed by atoms with Crippen molar-refractivity contribution < 1.29 is 0 Å². The third-order valence-electron chi connectivity index (χ3n) is 3.16. The van der Waals surface area contributed by atoms with E-state index in [4.69, 9.17) is 5.84 Å². The van der Waals surface area contributed by atoms with E-state index < -0.39 is 0 Å². The van der Waals surface area contributed by atoms with E-state index in [9.17, 15) is 0 Å². The number of hydrogen-bond donors (Lipinski definition) is 2. The first kappa shape index (κ1) is 10.6. The van der Waals surface area contributed by atoms with Gasteiger partial charge in [0.25, 0.3) is 0 Å². The Bertz CT molecular complexity index is 301. The quantitative estimate of drug-likeness (QED) is 0.581. The lowest BCUT2D eigenvalue weighted by molar-refractivity contribution is 0.458. The Morgan fingerprint density at radius 1 is 1.60 bits per heavy atom. The van der Waals surface area contributed by atoms with Gasteiger partial charge in [0.2, 0.25) is 0 Å². The van der Waals surface area contributed by atoms with E-state index in [0.29, 0.717) is 6.04 Å². The summed E-state index contributed by atoms with van der Waals surface area (Å²) in [6.45, 7) is 2.06. The molecule has 84 valence electrons. The van der Waals surface area contributed by atoms with Gasteiger partial charge in [-0.05, 0) is 25.8 Å². The van der Waals surface area contributed by atoms with Crippen molar-refractivity contribution in [1.82, 2.24) is 15.2 Å². The van der Waals surface area contributed by atoms with Gasteiger partial charge in [0.1, 0.15) is 0 Å². The molecule has 0 saturated heterocycles. The zero-order valence-electron chi connectivity index (χ0n) is 9.32. The molecule has 4 heteroatoms. The minimum absolute atomic E-state index is 0.289. The Hall–Kier alpha value is -0.870. The highest BCUT2D eigenvalue weighted by molar-refractivity contribution is 5.02. The lowest BCUT2D eigenvalue weighted by atomic mass is 10.2. The zero-order chi connectivity index (χ0) is 10.7. The predicted octanol–water partition coefficient (Wildman–Crippen LogP) is 1.39. The molecule has 1 aromatic rings. The molecule has 1 fully saturated rings. The third kappa shape index (κ3) is 2.58. The normalized spacial score (nSPS) is 19.6. The molecule has 1 atom stereocenters. The highest BCUT2D eigenvalue weighted by atomic mass is 15.3. The first-order valence-corrected chi connectivity index (χ1v) is 5.80. The summed E-state index contributed by atoms with van der Waals surface area (Å²) in [4.78, 5) is 0. The molecule has 0 spiro atoms. The fourth-order valence-electron chi connectivity index (χ4n) is 2.23. The lowest BCUT2D eigenvalue weighted by Gasteiger charge is -2.10. The van der Waals surface area contributed by atoms with Crippen LogP contribution in [0.3, 0.4) is 0 Å². The van der Waals surface area contributed by atoms with Crippen LogP contribution in [0.4, 0.5) is 0 Å². The lowest BCUT2D eigenvalue weighted by Crippen LogP contribution is -2.34. The van der Waals surface area contributed by atoms with Gasteiger partial charge < -0.3 is 0 Å². The van der Waals surface area contributed by atoms with Crippen molar-refractivity contribution in [2.24, 2.45) is 5.84 Å². The minimum atomic E-state index is 0.289. The van der Waals surface area contributed by atoms with Crippen molar-refractivity contribution >= 4 is 0 Å². The van der Waals surface area contributed by atoms with Crippen LogP contribution < -0.4 is 11.3 Å². The average molecular weight is 208 g/mol. The van der Waals surface area contributed by atoms with Crippen molar-refractivity contribution in [2.75, 3.05) is 0 Å². The van der Waals surface area contributed by atoms with Gasteiger partial charge in [-0.2, -0.15) is 5.10 Å². The molecule has 1 heterocycles. The molecular formula is C11H20N4. The fraction of sp³-hybridized carbons (Fsp3) is 0.727. The van der Waals surface area contributed by atoms with Gasteiger partial charge in [0.15, 0.2) is 0 Å². The van der Waals surface area contributed by atoms with E-state index in [1.54, 1.807) is 0 Å². The van der Waals surface area contributed by atoms with Crippen LogP contribution in [0.25, 0.3) is 0 Å². The van der Waals surface area contributed by atoms with Crippen LogP contribution >= 0.6 is 0 Å². The van der Waals surface area contributed by atoms with Crippen LogP contribution in [0.5, 0.6) is 0 Å². The summed E-state index contributed by atoms with van der Waals surface area (Å²) < 4.78 is 2.13. The maximum Gasteiger partial charge on any atom is 0.0640 e. The maximum atomic E-state index is 5.36. The van der Waals surface area contributed by atoms with Gasteiger partial charge in [-0.1, -0.05) is 12.8 Å². The van der Waals surface area contributed by atoms with Gasteiger partial charge in [0.05, 0.1) is 11.7 Å². The molecule has 1 aliphatic carbocycles. The number of nitrogens with two attached hydrogens (primary N) is 1. The highest BCUT2D eigenvalue weighted by Gasteiger charge is 2.17. The monoisotopic (exact) mass is 208 g/mol. The smallest absolute Gasteiger partial charge is 0.0640 e. The molecule has 2 rings (SSSR count). The van der Waals surface area contributed by atoms with E-state index >= 15 is 0 Å². The minimum Gasteiger partial charge on any atom is -0.271 e. The van der Waals surface area contributed by atoms with Crippen LogP contribution in [0.1, 0.15) is 44.3 Å². The summed E-state index contributed by atoms with van der Waals surface area (Å²) in [5.74, 6) is 5.36. The molecule has 1 unspecified atom stereocenters. The van der Waals surface area contributed by atoms with E-state index in [0.717, 1.165) is 12.1 Å². The summed E-state index contributed by atoms with van der Waals surface area (Å²) >= 11 is 0. The summed E-state index contributed by atoms with van der Waals surface area (Å²) in [6.07, 6.45) is 8.27. The Balaban J connectivity index is 1.97. The van der Waals surface area contributed by atoms with Crippen LogP contribution in [0.2, 0.25) is 0 Å². The van der Waals surface area contributed by atoms with Crippen LogP contribution in [0, 0.1) is 0 Å². The SMILES string of the molecule is CC(Cc1ccn(C2CCCC2)n1)NN. The van der Waals surface area contributed by atoms with Gasteiger partial charge in [-0.25, -0.2) is 0 Å². The van der Waals surface area contributed by atoms with Crippen LogP contribution in [-0.4, -0.2) is 15.8 Å². The van der Waals surface area contributed by atoms with E-state index in [2.05, 4.69) is 34.4 Å². The van der Waals surface area contributed by atoms with Crippen LogP contribution in [0.15, 0.2) is 12.3 Å². The topological polar surface area (TPSA) is 55.9 Å². The Kier molecular flexibility index (Phi) is 3.38. The number of hydrogen-bond acceptors (Lipinski definition) is 3. The molecule has 0 aliphatic heterocycles. The standard InChI is InChI=1S/C11H20N4/c1-9(13-12)8-10-6-7-15(14-10)11-4-2-3-5-11/h6-7,9,11,13H,2-5,8,12H2,1H3. The Morgan fingerprint density at radius 2 is 2.33 bits per heavy atom. The largest absolute Gasteiger partial charge is 0.271 e. The van der Waals surface area contributed by atoms with E-state index in [1.165, 1.54) is 25.7 Å². The third-order valence-corrected chi connectivity index (χ3v) is 3.16. The first-order valence-electron chi connectivity index (χ1n) is 5.80. The predicted molar refractivity (Wildman–Crippen MR) is 60.2 cm³/mol. The molecule has 15 heavy (non-hydrogen) atoms. The molecule has 1 aromatic heterocycles. The van der Waals surface area contributed by atoms with Gasteiger partial charge in [0, 0.05) is 18.7 Å². The maximum absolute atomic E-state index is 5.36. The number of nitrogens with one attached hydrogen (secondary N) is 1. The Morgan fingerprint density at radius 3 is 3.00 bits per heavy atom. The summed E-state index contributed by atoms with van der Waals surface area (Å²) in [5, 5.41) is 4.60. The van der Waals surface area contributed by atoms with Crippen molar-refractivity contribution in [1.29, 1.82) is 0 Å². The summed E-state index contributed by atoms with van der Waals surface area (Å²) in [7, 11) is 0. The summed E-state index contributed by atoms with van der Waals surface area (Å²) in [6, 6.07) is 3.03. The van der Waals surface area contributed by atoms with Crippen LogP contribution in [-0.2, 0) is 6.42 Å². The number of nitrogens with zero attached hydrogens (tertiary/aromatic N) is 2. The molecule has 0 amide bonds. The van der Waals surface area contributed by atoms with Crippen molar-refractivity contribution in [3.8, 4) is 0 Å². The molecule has 0 radical (unpaired) electrons. The fourth-order valence-corrected chi connectivity index (χ4v) is 2.23. The van der Waals surface area contributed by atoms with Gasteiger partial charge in [-0.15, -0.1) is 0 Å². The highest BCUT2D eigenvalue weighted by Crippen LogP contribution is 2.28. The molecule has 0 aromatic carbocycles. The summed E-state index contributed by atoms with van der Waals surface area (Å²) in [5.41, 5.74) is 3.87. The molecule has 3 N–H and O–H groups in total. The average Bonchev–Trinajstić information content (AvgIpc) is 2.85. The molecule has 4 nitrogen and oxygen atoms in total. The van der Waals surface area contributed by atoms with Gasteiger partial charge >= 0.3 is 0 Å². The Labute approximate surface area is 90.8 Å². The van der Waals surface area contributed by atoms with E-state index in [1.807, 2.05) is 0 Å². The second-order valence-corrected chi connectivity index (χ2v) is 4.50. The van der Waals surface area contributed by atoms with Crippen molar-refractivity contribution in [3.63, 3.8) is 0 Å². The van der Waals surface area contributed by atoms with Crippen molar-refractivity contribution in [2.45, 2.75) is 51.1 Å². The second kappa shape index (κ2) is 4.77. The van der Waals surface area contributed by atoms with Crippen molar-refractivity contribution in [3.05, 3.63) is 18.0 Å². The molecule has 0 bridgehead atoms. The number of aromatic nitrogens is 2. The van der Waals surface area contributed by atoms with E-state index in [-0.39, 0.29) is 6.04 Å². The number of hydrazine groups is 1. The second-order valence-electron chi connectivity index (χ2n) is 4.50. The zero-order valence-corrected chi connectivity index (χ0v) is 9.32. The number of rotatable bonds is 4. The molecular weight excluding hydrogens is 188 g/mol. The molecule has 1 aliphatic rings. The molecule has 1 saturated carbocycles.